The molecular formula is C14H25N3O4. The van der Waals surface area contributed by atoms with Crippen molar-refractivity contribution in [3.05, 3.63) is 0 Å². The second kappa shape index (κ2) is 5.46. The smallest absolute Gasteiger partial charge is 0.410 e. The molecule has 0 unspecified atom stereocenters. The van der Waals surface area contributed by atoms with Crippen molar-refractivity contribution in [2.24, 2.45) is 5.73 Å². The quantitative estimate of drug-likeness (QED) is 0.760. The molecule has 2 aliphatic heterocycles. The summed E-state index contributed by atoms with van der Waals surface area (Å²) in [5.74, 6) is -0.533. The Labute approximate surface area is 125 Å². The average Bonchev–Trinajstić information content (AvgIpc) is 2.70. The highest BCUT2D eigenvalue weighted by Crippen LogP contribution is 2.39. The zero-order valence-electron chi connectivity index (χ0n) is 13.0. The third-order valence-electron chi connectivity index (χ3n) is 4.15. The van der Waals surface area contributed by atoms with Crippen molar-refractivity contribution >= 4 is 12.0 Å². The van der Waals surface area contributed by atoms with Crippen LogP contribution < -0.4 is 5.73 Å². The minimum atomic E-state index is -0.670. The molecule has 0 bridgehead atoms. The largest absolute Gasteiger partial charge is 0.444 e. The summed E-state index contributed by atoms with van der Waals surface area (Å²) in [4.78, 5) is 27.2. The van der Waals surface area contributed by atoms with Crippen LogP contribution in [0.3, 0.4) is 0 Å². The van der Waals surface area contributed by atoms with Gasteiger partial charge in [0.2, 0.25) is 5.91 Å². The second-order valence-electron chi connectivity index (χ2n) is 6.97. The number of carbonyl (C=O) groups is 2. The van der Waals surface area contributed by atoms with E-state index < -0.39 is 17.6 Å². The van der Waals surface area contributed by atoms with Crippen LogP contribution in [-0.2, 0) is 9.53 Å². The third-order valence-corrected chi connectivity index (χ3v) is 4.15. The van der Waals surface area contributed by atoms with E-state index in [1.54, 1.807) is 4.90 Å². The number of nitrogens with zero attached hydrogens (tertiary/aromatic N) is 2. The lowest BCUT2D eigenvalue weighted by atomic mass is 9.85. The van der Waals surface area contributed by atoms with Gasteiger partial charge in [-0.15, -0.1) is 0 Å². The van der Waals surface area contributed by atoms with Gasteiger partial charge in [-0.25, -0.2) is 4.79 Å². The molecule has 120 valence electrons. The number of amides is 2. The Kier molecular flexibility index (Phi) is 4.17. The lowest BCUT2D eigenvalue weighted by molar-refractivity contribution is -0.132. The number of ether oxygens (including phenoxy) is 1. The number of rotatable bonds is 3. The molecule has 0 radical (unpaired) electrons. The highest BCUT2D eigenvalue weighted by molar-refractivity contribution is 5.80. The van der Waals surface area contributed by atoms with Crippen molar-refractivity contribution in [1.29, 1.82) is 0 Å². The van der Waals surface area contributed by atoms with Gasteiger partial charge in [0.05, 0.1) is 12.1 Å². The van der Waals surface area contributed by atoms with Gasteiger partial charge in [-0.3, -0.25) is 14.6 Å². The third kappa shape index (κ3) is 3.13. The fourth-order valence-electron chi connectivity index (χ4n) is 3.18. The van der Waals surface area contributed by atoms with E-state index in [2.05, 4.69) is 0 Å². The number of carbonyl (C=O) groups excluding carboxylic acids is 2. The summed E-state index contributed by atoms with van der Waals surface area (Å²) < 4.78 is 5.45. The molecule has 7 nitrogen and oxygen atoms in total. The summed E-state index contributed by atoms with van der Waals surface area (Å²) in [7, 11) is 0. The van der Waals surface area contributed by atoms with Crippen LogP contribution in [-0.4, -0.2) is 70.3 Å². The van der Waals surface area contributed by atoms with Crippen LogP contribution in [0.5, 0.6) is 0 Å². The normalized spacial score (nSPS) is 23.0. The van der Waals surface area contributed by atoms with Crippen LogP contribution in [0, 0.1) is 0 Å². The van der Waals surface area contributed by atoms with E-state index in [1.165, 1.54) is 0 Å². The van der Waals surface area contributed by atoms with Crippen LogP contribution in [0.1, 0.15) is 33.6 Å². The molecule has 2 aliphatic rings. The van der Waals surface area contributed by atoms with Crippen molar-refractivity contribution in [1.82, 2.24) is 9.80 Å². The fourth-order valence-corrected chi connectivity index (χ4v) is 3.18. The van der Waals surface area contributed by atoms with Gasteiger partial charge in [-0.05, 0) is 33.6 Å². The molecule has 2 fully saturated rings. The number of aliphatic hydroxyl groups excluding tert-OH is 1. The maximum atomic E-state index is 12.3. The standard InChI is InChI=1S/C14H25N3O4/c1-13(2,3)21-12(20)17-6-4-5-14(17)8-16(9-14)10(7-18)11(15)19/h10,18H,4-9H2,1-3H3,(H2,15,19)/t10-/m0/s1. The molecule has 1 spiro atoms. The van der Waals surface area contributed by atoms with Gasteiger partial charge in [-0.2, -0.15) is 0 Å². The SMILES string of the molecule is CC(C)(C)OC(=O)N1CCCC12CN([C@@H](CO)C(N)=O)C2. The molecule has 21 heavy (non-hydrogen) atoms. The van der Waals surface area contributed by atoms with Gasteiger partial charge in [0.1, 0.15) is 11.6 Å². The van der Waals surface area contributed by atoms with Gasteiger partial charge in [0.15, 0.2) is 0 Å². The molecule has 0 saturated carbocycles. The summed E-state index contributed by atoms with van der Waals surface area (Å²) >= 11 is 0. The summed E-state index contributed by atoms with van der Waals surface area (Å²) in [6, 6.07) is -0.670. The lowest BCUT2D eigenvalue weighted by Crippen LogP contribution is -2.72. The monoisotopic (exact) mass is 299 g/mol. The lowest BCUT2D eigenvalue weighted by Gasteiger charge is -2.54. The van der Waals surface area contributed by atoms with Crippen LogP contribution in [0.15, 0.2) is 0 Å². The molecule has 7 heteroatoms. The van der Waals surface area contributed by atoms with Gasteiger partial charge in [0.25, 0.3) is 0 Å². The Morgan fingerprint density at radius 2 is 2.00 bits per heavy atom. The summed E-state index contributed by atoms with van der Waals surface area (Å²) in [5.41, 5.74) is 4.48. The average molecular weight is 299 g/mol. The van der Waals surface area contributed by atoms with E-state index in [-0.39, 0.29) is 18.2 Å². The van der Waals surface area contributed by atoms with E-state index in [0.717, 1.165) is 12.8 Å². The Morgan fingerprint density at radius 3 is 2.48 bits per heavy atom. The Morgan fingerprint density at radius 1 is 1.38 bits per heavy atom. The number of nitrogens with two attached hydrogens (primary N) is 1. The Hall–Kier alpha value is -1.34. The Balaban J connectivity index is 2.01. The van der Waals surface area contributed by atoms with Crippen molar-refractivity contribution in [3.63, 3.8) is 0 Å². The van der Waals surface area contributed by atoms with E-state index >= 15 is 0 Å². The number of hydrogen-bond acceptors (Lipinski definition) is 5. The molecule has 0 aromatic carbocycles. The molecule has 0 aliphatic carbocycles. The van der Waals surface area contributed by atoms with E-state index in [9.17, 15) is 14.7 Å². The van der Waals surface area contributed by atoms with E-state index in [0.29, 0.717) is 19.6 Å². The summed E-state index contributed by atoms with van der Waals surface area (Å²) in [6.07, 6.45) is 1.51. The zero-order chi connectivity index (χ0) is 15.8. The summed E-state index contributed by atoms with van der Waals surface area (Å²) in [6.45, 7) is 7.02. The van der Waals surface area contributed by atoms with Gasteiger partial charge in [-0.1, -0.05) is 0 Å². The molecule has 2 rings (SSSR count). The molecule has 0 aromatic rings. The second-order valence-corrected chi connectivity index (χ2v) is 6.97. The van der Waals surface area contributed by atoms with Crippen molar-refractivity contribution in [2.75, 3.05) is 26.2 Å². The maximum absolute atomic E-state index is 12.3. The molecule has 1 atom stereocenters. The molecule has 2 saturated heterocycles. The van der Waals surface area contributed by atoms with E-state index in [4.69, 9.17) is 10.5 Å². The fraction of sp³-hybridized carbons (Fsp3) is 0.857. The van der Waals surface area contributed by atoms with Crippen LogP contribution >= 0.6 is 0 Å². The molecule has 2 amide bonds. The molecular weight excluding hydrogens is 274 g/mol. The first-order chi connectivity index (χ1) is 9.68. The molecule has 2 heterocycles. The van der Waals surface area contributed by atoms with Crippen LogP contribution in [0.25, 0.3) is 0 Å². The highest BCUT2D eigenvalue weighted by Gasteiger charge is 2.55. The van der Waals surface area contributed by atoms with Crippen LogP contribution in [0.2, 0.25) is 0 Å². The number of aliphatic hydroxyl groups is 1. The summed E-state index contributed by atoms with van der Waals surface area (Å²) in [5, 5.41) is 9.24. The predicted octanol–water partition coefficient (Wildman–Crippen LogP) is -0.0821. The first kappa shape index (κ1) is 16.0. The van der Waals surface area contributed by atoms with E-state index in [1.807, 2.05) is 25.7 Å². The Bertz CT molecular complexity index is 426. The first-order valence-corrected chi connectivity index (χ1v) is 7.33. The molecule has 3 N–H and O–H groups in total. The highest BCUT2D eigenvalue weighted by atomic mass is 16.6. The minimum absolute atomic E-state index is 0.273. The number of hydrogen-bond donors (Lipinski definition) is 2. The van der Waals surface area contributed by atoms with Gasteiger partial charge in [0, 0.05) is 19.6 Å². The number of primary amides is 1. The van der Waals surface area contributed by atoms with Crippen molar-refractivity contribution in [3.8, 4) is 0 Å². The first-order valence-electron chi connectivity index (χ1n) is 7.33. The minimum Gasteiger partial charge on any atom is -0.444 e. The van der Waals surface area contributed by atoms with Gasteiger partial charge < -0.3 is 15.6 Å². The predicted molar refractivity (Wildman–Crippen MR) is 76.5 cm³/mol. The maximum Gasteiger partial charge on any atom is 0.410 e. The zero-order valence-corrected chi connectivity index (χ0v) is 13.0. The van der Waals surface area contributed by atoms with Crippen molar-refractivity contribution < 1.29 is 19.4 Å². The van der Waals surface area contributed by atoms with Gasteiger partial charge >= 0.3 is 6.09 Å². The molecule has 0 aromatic heterocycles. The number of likely N-dealkylation sites (tertiary alicyclic amines) is 2. The topological polar surface area (TPSA) is 96.1 Å². The van der Waals surface area contributed by atoms with Crippen LogP contribution in [0.4, 0.5) is 4.79 Å². The van der Waals surface area contributed by atoms with Crippen molar-refractivity contribution in [2.45, 2.75) is 50.8 Å².